The molecule has 0 radical (unpaired) electrons. The second-order valence-electron chi connectivity index (χ2n) is 5.45. The van der Waals surface area contributed by atoms with E-state index in [9.17, 15) is 4.79 Å². The first-order valence-electron chi connectivity index (χ1n) is 6.95. The monoisotopic (exact) mass is 349 g/mol. The number of aryl methyl sites for hydroxylation is 1. The van der Waals surface area contributed by atoms with Gasteiger partial charge in [0.1, 0.15) is 0 Å². The molecule has 0 unspecified atom stereocenters. The normalized spacial score (nSPS) is 11.0. The average Bonchev–Trinajstić information content (AvgIpc) is 2.70. The van der Waals surface area contributed by atoms with Gasteiger partial charge < -0.3 is 5.32 Å². The van der Waals surface area contributed by atoms with Gasteiger partial charge in [0.2, 0.25) is 0 Å². The summed E-state index contributed by atoms with van der Waals surface area (Å²) in [5.74, 6) is -0.108. The first-order valence-corrected chi connectivity index (χ1v) is 7.74. The maximum absolute atomic E-state index is 12.5. The molecule has 112 valence electrons. The number of hydrogen-bond donors (Lipinski definition) is 1. The molecule has 2 aromatic rings. The van der Waals surface area contributed by atoms with Crippen molar-refractivity contribution in [1.29, 1.82) is 0 Å². The summed E-state index contributed by atoms with van der Waals surface area (Å²) < 4.78 is 2.86. The van der Waals surface area contributed by atoms with Crippen LogP contribution in [0.15, 0.2) is 22.7 Å². The molecule has 0 saturated carbocycles. The van der Waals surface area contributed by atoms with E-state index in [2.05, 4.69) is 40.2 Å². The van der Waals surface area contributed by atoms with Crippen molar-refractivity contribution in [3.8, 4) is 0 Å². The van der Waals surface area contributed by atoms with E-state index in [1.807, 2.05) is 43.7 Å². The third kappa shape index (κ3) is 3.02. The number of benzene rings is 1. The molecule has 1 amide bonds. The quantitative estimate of drug-likeness (QED) is 0.892. The molecule has 2 rings (SSSR count). The summed E-state index contributed by atoms with van der Waals surface area (Å²) in [5, 5.41) is 7.48. The Morgan fingerprint density at radius 1 is 1.29 bits per heavy atom. The number of hydrogen-bond acceptors (Lipinski definition) is 2. The second-order valence-corrected chi connectivity index (χ2v) is 6.30. The zero-order chi connectivity index (χ0) is 15.7. The van der Waals surface area contributed by atoms with Crippen molar-refractivity contribution in [3.05, 3.63) is 45.2 Å². The highest BCUT2D eigenvalue weighted by molar-refractivity contribution is 9.10. The van der Waals surface area contributed by atoms with Gasteiger partial charge in [0.15, 0.2) is 0 Å². The lowest BCUT2D eigenvalue weighted by Gasteiger charge is -2.11. The first-order chi connectivity index (χ1) is 9.82. The van der Waals surface area contributed by atoms with E-state index in [-0.39, 0.29) is 11.9 Å². The predicted molar refractivity (Wildman–Crippen MR) is 88.9 cm³/mol. The predicted octanol–water partition coefficient (Wildman–Crippen LogP) is 4.40. The Bertz CT molecular complexity index is 689. The molecule has 0 aliphatic rings. The fourth-order valence-electron chi connectivity index (χ4n) is 2.38. The molecule has 0 saturated heterocycles. The smallest absolute Gasteiger partial charge is 0.256 e. The van der Waals surface area contributed by atoms with Crippen LogP contribution >= 0.6 is 15.9 Å². The van der Waals surface area contributed by atoms with Gasteiger partial charge in [-0.3, -0.25) is 9.48 Å². The van der Waals surface area contributed by atoms with Crippen LogP contribution in [0, 0.1) is 20.8 Å². The maximum atomic E-state index is 12.5. The van der Waals surface area contributed by atoms with E-state index in [0.29, 0.717) is 5.56 Å². The number of halogens is 1. The highest BCUT2D eigenvalue weighted by Crippen LogP contribution is 2.25. The minimum absolute atomic E-state index is 0.108. The summed E-state index contributed by atoms with van der Waals surface area (Å²) in [6.45, 7) is 9.96. The Morgan fingerprint density at radius 2 is 1.95 bits per heavy atom. The Labute approximate surface area is 133 Å². The van der Waals surface area contributed by atoms with E-state index in [0.717, 1.165) is 27.1 Å². The number of anilines is 1. The molecule has 0 fully saturated rings. The molecule has 0 aliphatic heterocycles. The summed E-state index contributed by atoms with van der Waals surface area (Å²) in [6.07, 6.45) is 0. The van der Waals surface area contributed by atoms with Gasteiger partial charge in [-0.25, -0.2) is 0 Å². The van der Waals surface area contributed by atoms with Gasteiger partial charge >= 0.3 is 0 Å². The molecule has 0 spiro atoms. The molecular formula is C16H20BrN3O. The fraction of sp³-hybridized carbons (Fsp3) is 0.375. The van der Waals surface area contributed by atoms with Crippen molar-refractivity contribution in [3.63, 3.8) is 0 Å². The topological polar surface area (TPSA) is 46.9 Å². The summed E-state index contributed by atoms with van der Waals surface area (Å²) in [4.78, 5) is 12.5. The van der Waals surface area contributed by atoms with E-state index < -0.39 is 0 Å². The van der Waals surface area contributed by atoms with Crippen molar-refractivity contribution >= 4 is 27.5 Å². The molecular weight excluding hydrogens is 330 g/mol. The summed E-state index contributed by atoms with van der Waals surface area (Å²) in [5.41, 5.74) is 4.21. The largest absolute Gasteiger partial charge is 0.319 e. The van der Waals surface area contributed by atoms with Gasteiger partial charge in [-0.1, -0.05) is 22.0 Å². The van der Waals surface area contributed by atoms with Gasteiger partial charge in [0.25, 0.3) is 5.91 Å². The van der Waals surface area contributed by atoms with Crippen LogP contribution < -0.4 is 5.32 Å². The average molecular weight is 350 g/mol. The van der Waals surface area contributed by atoms with Crippen LogP contribution in [0.25, 0.3) is 0 Å². The number of nitrogens with one attached hydrogen (secondary N) is 1. The molecule has 1 N–H and O–H groups in total. The summed E-state index contributed by atoms with van der Waals surface area (Å²) in [6, 6.07) is 5.89. The van der Waals surface area contributed by atoms with Gasteiger partial charge in [0, 0.05) is 16.1 Å². The van der Waals surface area contributed by atoms with Crippen LogP contribution in [0.2, 0.25) is 0 Å². The molecule has 21 heavy (non-hydrogen) atoms. The Balaban J connectivity index is 2.34. The Morgan fingerprint density at radius 3 is 2.52 bits per heavy atom. The van der Waals surface area contributed by atoms with E-state index in [1.54, 1.807) is 0 Å². The molecule has 1 aromatic carbocycles. The van der Waals surface area contributed by atoms with Gasteiger partial charge in [0.05, 0.1) is 17.1 Å². The minimum atomic E-state index is -0.108. The third-order valence-corrected chi connectivity index (χ3v) is 4.42. The zero-order valence-corrected chi connectivity index (χ0v) is 14.6. The van der Waals surface area contributed by atoms with Crippen LogP contribution in [-0.4, -0.2) is 15.7 Å². The SMILES string of the molecule is Cc1nn(C(C)C)c(C)c1NC(=O)c1cccc(Br)c1C. The van der Waals surface area contributed by atoms with Crippen molar-refractivity contribution in [2.75, 3.05) is 5.32 Å². The molecule has 0 aliphatic carbocycles. The van der Waals surface area contributed by atoms with E-state index in [4.69, 9.17) is 0 Å². The third-order valence-electron chi connectivity index (χ3n) is 3.56. The van der Waals surface area contributed by atoms with Crippen LogP contribution in [0.1, 0.15) is 47.2 Å². The van der Waals surface area contributed by atoms with Crippen molar-refractivity contribution < 1.29 is 4.79 Å². The Hall–Kier alpha value is -1.62. The van der Waals surface area contributed by atoms with Gasteiger partial charge in [-0.15, -0.1) is 0 Å². The van der Waals surface area contributed by atoms with Crippen molar-refractivity contribution in [1.82, 2.24) is 9.78 Å². The standard InChI is InChI=1S/C16H20BrN3O/c1-9(2)20-12(5)15(11(4)19-20)18-16(21)13-7-6-8-14(17)10(13)3/h6-9H,1-5H3,(H,18,21). The van der Waals surface area contributed by atoms with Crippen LogP contribution in [0.4, 0.5) is 5.69 Å². The summed E-state index contributed by atoms with van der Waals surface area (Å²) >= 11 is 3.46. The van der Waals surface area contributed by atoms with Gasteiger partial charge in [-0.05, 0) is 52.3 Å². The van der Waals surface area contributed by atoms with Crippen LogP contribution in [-0.2, 0) is 0 Å². The number of carbonyl (C=O) groups is 1. The van der Waals surface area contributed by atoms with Crippen LogP contribution in [0.5, 0.6) is 0 Å². The minimum Gasteiger partial charge on any atom is -0.319 e. The number of carbonyl (C=O) groups excluding carboxylic acids is 1. The van der Waals surface area contributed by atoms with E-state index >= 15 is 0 Å². The highest BCUT2D eigenvalue weighted by Gasteiger charge is 2.17. The highest BCUT2D eigenvalue weighted by atomic mass is 79.9. The van der Waals surface area contributed by atoms with Crippen molar-refractivity contribution in [2.24, 2.45) is 0 Å². The number of amides is 1. The lowest BCUT2D eigenvalue weighted by molar-refractivity contribution is 0.102. The number of nitrogens with zero attached hydrogens (tertiary/aromatic N) is 2. The maximum Gasteiger partial charge on any atom is 0.256 e. The molecule has 5 heteroatoms. The van der Waals surface area contributed by atoms with Crippen LogP contribution in [0.3, 0.4) is 0 Å². The van der Waals surface area contributed by atoms with E-state index in [1.165, 1.54) is 0 Å². The first kappa shape index (κ1) is 15.8. The molecule has 0 atom stereocenters. The Kier molecular flexibility index (Phi) is 4.52. The molecule has 1 aromatic heterocycles. The second kappa shape index (κ2) is 6.02. The van der Waals surface area contributed by atoms with Crippen molar-refractivity contribution in [2.45, 2.75) is 40.7 Å². The summed E-state index contributed by atoms with van der Waals surface area (Å²) in [7, 11) is 0. The molecule has 4 nitrogen and oxygen atoms in total. The molecule has 1 heterocycles. The fourth-order valence-corrected chi connectivity index (χ4v) is 2.75. The lowest BCUT2D eigenvalue weighted by Crippen LogP contribution is -2.15. The zero-order valence-electron chi connectivity index (χ0n) is 13.0. The number of rotatable bonds is 3. The number of aromatic nitrogens is 2. The molecule has 0 bridgehead atoms. The lowest BCUT2D eigenvalue weighted by atomic mass is 10.1. The van der Waals surface area contributed by atoms with Gasteiger partial charge in [-0.2, -0.15) is 5.10 Å².